The number of anilines is 1. The van der Waals surface area contributed by atoms with Crippen molar-refractivity contribution in [2.45, 2.75) is 18.9 Å². The van der Waals surface area contributed by atoms with Crippen LogP contribution < -0.4 is 4.90 Å². The summed E-state index contributed by atoms with van der Waals surface area (Å²) < 4.78 is 19.1. The zero-order valence-corrected chi connectivity index (χ0v) is 10.6. The molecule has 0 radical (unpaired) electrons. The number of methoxy groups -OCH3 is 1. The van der Waals surface area contributed by atoms with Crippen LogP contribution >= 0.6 is 0 Å². The first-order chi connectivity index (χ1) is 9.03. The number of hydrogen-bond acceptors (Lipinski definition) is 4. The van der Waals surface area contributed by atoms with Crippen molar-refractivity contribution >= 4 is 11.4 Å². The van der Waals surface area contributed by atoms with E-state index < -0.39 is 10.7 Å². The fraction of sp³-hybridized carbons (Fsp3) is 0.538. The van der Waals surface area contributed by atoms with Crippen molar-refractivity contribution in [1.29, 1.82) is 0 Å². The van der Waals surface area contributed by atoms with Gasteiger partial charge in [-0.1, -0.05) is 0 Å². The minimum Gasteiger partial charge on any atom is -0.381 e. The van der Waals surface area contributed by atoms with E-state index in [-0.39, 0.29) is 11.1 Å². The number of hydrogen-bond donors (Lipinski definition) is 0. The predicted molar refractivity (Wildman–Crippen MR) is 67.7 cm³/mol. The van der Waals surface area contributed by atoms with Crippen LogP contribution in [0.4, 0.5) is 15.8 Å². The fourth-order valence-electron chi connectivity index (χ4n) is 3.13. The Morgan fingerprint density at radius 2 is 2.16 bits per heavy atom. The van der Waals surface area contributed by atoms with E-state index in [4.69, 9.17) is 4.74 Å². The van der Waals surface area contributed by atoms with Crippen LogP contribution in [0.25, 0.3) is 0 Å². The van der Waals surface area contributed by atoms with E-state index >= 15 is 0 Å². The van der Waals surface area contributed by atoms with Crippen LogP contribution in [-0.4, -0.2) is 31.2 Å². The molecule has 1 heterocycles. The standard InChI is InChI=1S/C13H15FN2O3/c1-19-10-5-13(6-10)7-15(8-13)12-3-2-9(16(17)18)4-11(12)14/h2-4,10H,5-8H2,1H3. The van der Waals surface area contributed by atoms with Crippen molar-refractivity contribution in [3.8, 4) is 0 Å². The average Bonchev–Trinajstić information content (AvgIpc) is 2.27. The van der Waals surface area contributed by atoms with Crippen LogP contribution in [0.3, 0.4) is 0 Å². The lowest BCUT2D eigenvalue weighted by Crippen LogP contribution is -2.64. The van der Waals surface area contributed by atoms with E-state index in [0.717, 1.165) is 32.0 Å². The van der Waals surface area contributed by atoms with Gasteiger partial charge in [-0.2, -0.15) is 0 Å². The zero-order valence-electron chi connectivity index (χ0n) is 10.6. The van der Waals surface area contributed by atoms with E-state index in [0.29, 0.717) is 11.8 Å². The van der Waals surface area contributed by atoms with Crippen molar-refractivity contribution in [2.24, 2.45) is 5.41 Å². The molecule has 1 saturated heterocycles. The number of halogens is 1. The van der Waals surface area contributed by atoms with Crippen molar-refractivity contribution in [2.75, 3.05) is 25.1 Å². The first kappa shape index (κ1) is 12.3. The van der Waals surface area contributed by atoms with Gasteiger partial charge >= 0.3 is 0 Å². The number of nitrogens with zero attached hydrogens (tertiary/aromatic N) is 2. The number of nitro groups is 1. The fourth-order valence-corrected chi connectivity index (χ4v) is 3.13. The van der Waals surface area contributed by atoms with E-state index in [9.17, 15) is 14.5 Å². The molecule has 1 saturated carbocycles. The van der Waals surface area contributed by atoms with Gasteiger partial charge in [0.15, 0.2) is 5.82 Å². The van der Waals surface area contributed by atoms with Crippen LogP contribution in [0.5, 0.6) is 0 Å². The highest BCUT2D eigenvalue weighted by Crippen LogP contribution is 2.50. The Morgan fingerprint density at radius 3 is 2.68 bits per heavy atom. The molecule has 0 unspecified atom stereocenters. The van der Waals surface area contributed by atoms with Gasteiger partial charge in [-0.05, 0) is 18.9 Å². The Morgan fingerprint density at radius 1 is 1.47 bits per heavy atom. The van der Waals surface area contributed by atoms with Gasteiger partial charge < -0.3 is 9.64 Å². The molecular weight excluding hydrogens is 251 g/mol. The van der Waals surface area contributed by atoms with Gasteiger partial charge in [0, 0.05) is 31.7 Å². The highest BCUT2D eigenvalue weighted by molar-refractivity contribution is 5.55. The number of benzene rings is 1. The lowest BCUT2D eigenvalue weighted by molar-refractivity contribution is -0.385. The molecule has 0 bridgehead atoms. The molecule has 1 aliphatic heterocycles. The van der Waals surface area contributed by atoms with Gasteiger partial charge in [-0.3, -0.25) is 10.1 Å². The summed E-state index contributed by atoms with van der Waals surface area (Å²) in [7, 11) is 1.71. The van der Waals surface area contributed by atoms with Gasteiger partial charge in [-0.25, -0.2) is 4.39 Å². The smallest absolute Gasteiger partial charge is 0.272 e. The van der Waals surface area contributed by atoms with E-state index in [1.54, 1.807) is 7.11 Å². The molecule has 0 aromatic heterocycles. The highest BCUT2D eigenvalue weighted by atomic mass is 19.1. The summed E-state index contributed by atoms with van der Waals surface area (Å²) in [6, 6.07) is 3.83. The molecule has 19 heavy (non-hydrogen) atoms. The monoisotopic (exact) mass is 266 g/mol. The van der Waals surface area contributed by atoms with Crippen LogP contribution in [0, 0.1) is 21.3 Å². The van der Waals surface area contributed by atoms with Crippen LogP contribution in [0.15, 0.2) is 18.2 Å². The van der Waals surface area contributed by atoms with Crippen LogP contribution in [0.1, 0.15) is 12.8 Å². The first-order valence-electron chi connectivity index (χ1n) is 6.25. The molecule has 6 heteroatoms. The Labute approximate surface area is 110 Å². The van der Waals surface area contributed by atoms with Gasteiger partial charge in [0.05, 0.1) is 22.8 Å². The average molecular weight is 266 g/mol. The SMILES string of the molecule is COC1CC2(C1)CN(c1ccc([N+](=O)[O-])cc1F)C2. The molecule has 0 N–H and O–H groups in total. The summed E-state index contributed by atoms with van der Waals surface area (Å²) in [5.74, 6) is -0.522. The third-order valence-corrected chi connectivity index (χ3v) is 4.19. The molecule has 3 rings (SSSR count). The molecule has 0 amide bonds. The molecule has 1 aromatic carbocycles. The summed E-state index contributed by atoms with van der Waals surface area (Å²) in [4.78, 5) is 11.9. The van der Waals surface area contributed by atoms with E-state index in [1.165, 1.54) is 12.1 Å². The van der Waals surface area contributed by atoms with Crippen molar-refractivity contribution < 1.29 is 14.1 Å². The summed E-state index contributed by atoms with van der Waals surface area (Å²) in [5, 5.41) is 10.6. The van der Waals surface area contributed by atoms with E-state index in [2.05, 4.69) is 0 Å². The molecule has 1 aliphatic carbocycles. The van der Waals surface area contributed by atoms with Crippen molar-refractivity contribution in [3.63, 3.8) is 0 Å². The number of rotatable bonds is 3. The maximum absolute atomic E-state index is 13.8. The Kier molecular flexibility index (Phi) is 2.70. The second-order valence-corrected chi connectivity index (χ2v) is 5.51. The topological polar surface area (TPSA) is 55.6 Å². The second kappa shape index (κ2) is 4.16. The summed E-state index contributed by atoms with van der Waals surface area (Å²) in [6.07, 6.45) is 2.38. The van der Waals surface area contributed by atoms with Crippen molar-refractivity contribution in [1.82, 2.24) is 0 Å². The van der Waals surface area contributed by atoms with Gasteiger partial charge in [0.2, 0.25) is 0 Å². The van der Waals surface area contributed by atoms with Gasteiger partial charge in [-0.15, -0.1) is 0 Å². The third kappa shape index (κ3) is 1.96. The summed E-state index contributed by atoms with van der Waals surface area (Å²) >= 11 is 0. The molecule has 0 atom stereocenters. The highest BCUT2D eigenvalue weighted by Gasteiger charge is 2.53. The molecule has 2 aliphatic rings. The second-order valence-electron chi connectivity index (χ2n) is 5.51. The molecule has 1 aromatic rings. The van der Waals surface area contributed by atoms with Gasteiger partial charge in [0.1, 0.15) is 0 Å². The Balaban J connectivity index is 1.68. The predicted octanol–water partition coefficient (Wildman–Crippen LogP) is 2.35. The Hall–Kier alpha value is -1.69. The minimum atomic E-state index is -0.584. The van der Waals surface area contributed by atoms with E-state index in [1.807, 2.05) is 4.90 Å². The lowest BCUT2D eigenvalue weighted by Gasteiger charge is -2.59. The summed E-state index contributed by atoms with van der Waals surface area (Å²) in [6.45, 7) is 1.61. The van der Waals surface area contributed by atoms with Gasteiger partial charge in [0.25, 0.3) is 5.69 Å². The maximum atomic E-state index is 13.8. The van der Waals surface area contributed by atoms with Crippen molar-refractivity contribution in [3.05, 3.63) is 34.1 Å². The number of nitro benzene ring substituents is 1. The molecule has 5 nitrogen and oxygen atoms in total. The zero-order chi connectivity index (χ0) is 13.6. The quantitative estimate of drug-likeness (QED) is 0.622. The minimum absolute atomic E-state index is 0.209. The molecule has 2 fully saturated rings. The number of non-ortho nitro benzene ring substituents is 1. The molecule has 102 valence electrons. The largest absolute Gasteiger partial charge is 0.381 e. The Bertz CT molecular complexity index is 521. The first-order valence-corrected chi connectivity index (χ1v) is 6.25. The number of ether oxygens (including phenoxy) is 1. The summed E-state index contributed by atoms with van der Waals surface area (Å²) in [5.41, 5.74) is 0.520. The lowest BCUT2D eigenvalue weighted by atomic mass is 9.61. The van der Waals surface area contributed by atoms with Crippen LogP contribution in [-0.2, 0) is 4.74 Å². The normalized spacial score (nSPS) is 21.1. The third-order valence-electron chi connectivity index (χ3n) is 4.19. The molecule has 1 spiro atoms. The maximum Gasteiger partial charge on any atom is 0.272 e. The molecular formula is C13H15FN2O3. The van der Waals surface area contributed by atoms with Crippen LogP contribution in [0.2, 0.25) is 0 Å².